The third-order valence-corrected chi connectivity index (χ3v) is 3.42. The Morgan fingerprint density at radius 3 is 2.95 bits per heavy atom. The van der Waals surface area contributed by atoms with Gasteiger partial charge in [-0.05, 0) is 34.1 Å². The van der Waals surface area contributed by atoms with E-state index in [2.05, 4.69) is 31.1 Å². The second kappa shape index (κ2) is 6.40. The summed E-state index contributed by atoms with van der Waals surface area (Å²) in [6, 6.07) is 7.08. The fourth-order valence-electron chi connectivity index (χ4n) is 1.62. The van der Waals surface area contributed by atoms with Crippen LogP contribution in [-0.4, -0.2) is 22.9 Å². The lowest BCUT2D eigenvalue weighted by Crippen LogP contribution is -2.28. The van der Waals surface area contributed by atoms with Crippen molar-refractivity contribution in [2.75, 3.05) is 18.2 Å². The van der Waals surface area contributed by atoms with E-state index >= 15 is 0 Å². The number of halogens is 1. The van der Waals surface area contributed by atoms with Gasteiger partial charge in [-0.25, -0.2) is 4.68 Å². The Kier molecular flexibility index (Phi) is 4.59. The van der Waals surface area contributed by atoms with Gasteiger partial charge in [0.15, 0.2) is 0 Å². The highest BCUT2D eigenvalue weighted by molar-refractivity contribution is 9.10. The summed E-state index contributed by atoms with van der Waals surface area (Å²) in [6.45, 7) is -0.244. The van der Waals surface area contributed by atoms with Crippen molar-refractivity contribution in [3.63, 3.8) is 0 Å². The first kappa shape index (κ1) is 15.0. The summed E-state index contributed by atoms with van der Waals surface area (Å²) in [7, 11) is 1.25. The van der Waals surface area contributed by atoms with E-state index in [4.69, 9.17) is 5.73 Å². The topological polar surface area (TPSA) is 99.2 Å². The van der Waals surface area contributed by atoms with Crippen LogP contribution in [0.25, 0.3) is 0 Å². The fraction of sp³-hybridized carbons (Fsp3) is 0.154. The van der Waals surface area contributed by atoms with Gasteiger partial charge < -0.3 is 15.8 Å². The van der Waals surface area contributed by atoms with Crippen molar-refractivity contribution in [2.24, 2.45) is 0 Å². The fourth-order valence-corrected chi connectivity index (χ4v) is 2.03. The van der Waals surface area contributed by atoms with Gasteiger partial charge in [-0.1, -0.05) is 6.07 Å². The average Bonchev–Trinajstić information content (AvgIpc) is 2.47. The third-order valence-electron chi connectivity index (χ3n) is 2.66. The zero-order chi connectivity index (χ0) is 15.4. The minimum Gasteiger partial charge on any atom is -0.468 e. The predicted octanol–water partition coefficient (Wildman–Crippen LogP) is 1.50. The summed E-state index contributed by atoms with van der Waals surface area (Å²) in [5.74, 6) is -0.548. The molecule has 0 saturated carbocycles. The van der Waals surface area contributed by atoms with Crippen LogP contribution in [0.15, 0.2) is 39.7 Å². The molecule has 1 aromatic carbocycles. The lowest BCUT2D eigenvalue weighted by atomic mass is 10.3. The highest BCUT2D eigenvalue weighted by Gasteiger charge is 2.12. The summed E-state index contributed by atoms with van der Waals surface area (Å²) in [6.07, 6.45) is 1.44. The van der Waals surface area contributed by atoms with Crippen molar-refractivity contribution in [1.82, 2.24) is 9.78 Å². The number of methoxy groups -OCH3 is 1. The van der Waals surface area contributed by atoms with Crippen LogP contribution in [-0.2, 0) is 16.1 Å². The number of hydrogen-bond acceptors (Lipinski definition) is 6. The van der Waals surface area contributed by atoms with Crippen LogP contribution in [0.5, 0.6) is 0 Å². The minimum absolute atomic E-state index is 0.244. The molecule has 0 bridgehead atoms. The normalized spacial score (nSPS) is 10.2. The van der Waals surface area contributed by atoms with Crippen molar-refractivity contribution in [2.45, 2.75) is 6.54 Å². The Morgan fingerprint density at radius 2 is 2.29 bits per heavy atom. The molecule has 110 valence electrons. The largest absolute Gasteiger partial charge is 0.468 e. The molecule has 21 heavy (non-hydrogen) atoms. The number of ether oxygens (including phenoxy) is 1. The monoisotopic (exact) mass is 352 g/mol. The lowest BCUT2D eigenvalue weighted by Gasteiger charge is -2.10. The first-order valence-electron chi connectivity index (χ1n) is 5.96. The second-order valence-electron chi connectivity index (χ2n) is 4.16. The maximum absolute atomic E-state index is 12.1. The van der Waals surface area contributed by atoms with E-state index < -0.39 is 11.5 Å². The van der Waals surface area contributed by atoms with Crippen molar-refractivity contribution in [3.8, 4) is 0 Å². The highest BCUT2D eigenvalue weighted by atomic mass is 79.9. The summed E-state index contributed by atoms with van der Waals surface area (Å²) < 4.78 is 5.79. The molecule has 7 nitrogen and oxygen atoms in total. The molecule has 2 aromatic rings. The molecule has 1 heterocycles. The number of carbonyl (C=O) groups is 1. The van der Waals surface area contributed by atoms with Gasteiger partial charge in [0.2, 0.25) is 0 Å². The molecule has 0 aliphatic rings. The van der Waals surface area contributed by atoms with Crippen molar-refractivity contribution in [1.29, 1.82) is 0 Å². The highest BCUT2D eigenvalue weighted by Crippen LogP contribution is 2.22. The molecule has 0 fully saturated rings. The smallest absolute Gasteiger partial charge is 0.327 e. The predicted molar refractivity (Wildman–Crippen MR) is 82.4 cm³/mol. The van der Waals surface area contributed by atoms with Gasteiger partial charge in [0.05, 0.1) is 19.0 Å². The number of nitrogen functional groups attached to an aromatic ring is 1. The Bertz CT molecular complexity index is 730. The number of anilines is 3. The SMILES string of the molecule is COC(=O)Cn1ncc(Nc2cccc(N)c2)c(Br)c1=O. The molecule has 0 radical (unpaired) electrons. The summed E-state index contributed by atoms with van der Waals surface area (Å²) in [5, 5.41) is 6.95. The first-order valence-corrected chi connectivity index (χ1v) is 6.75. The van der Waals surface area contributed by atoms with Crippen LogP contribution in [0.2, 0.25) is 0 Å². The molecule has 0 aliphatic heterocycles. The zero-order valence-electron chi connectivity index (χ0n) is 11.2. The first-order chi connectivity index (χ1) is 10.0. The maximum Gasteiger partial charge on any atom is 0.327 e. The third kappa shape index (κ3) is 3.60. The van der Waals surface area contributed by atoms with Gasteiger partial charge in [0.25, 0.3) is 5.56 Å². The van der Waals surface area contributed by atoms with E-state index in [1.807, 2.05) is 6.07 Å². The Morgan fingerprint density at radius 1 is 1.52 bits per heavy atom. The van der Waals surface area contributed by atoms with Crippen molar-refractivity contribution in [3.05, 3.63) is 45.3 Å². The number of aromatic nitrogens is 2. The number of nitrogens with one attached hydrogen (secondary N) is 1. The van der Waals surface area contributed by atoms with Gasteiger partial charge >= 0.3 is 5.97 Å². The van der Waals surface area contributed by atoms with Crippen LogP contribution < -0.4 is 16.6 Å². The number of rotatable bonds is 4. The minimum atomic E-state index is -0.548. The van der Waals surface area contributed by atoms with Crippen LogP contribution >= 0.6 is 15.9 Å². The molecule has 0 aliphatic carbocycles. The second-order valence-corrected chi connectivity index (χ2v) is 4.95. The molecule has 0 unspecified atom stereocenters. The van der Waals surface area contributed by atoms with E-state index in [9.17, 15) is 9.59 Å². The molecular weight excluding hydrogens is 340 g/mol. The van der Waals surface area contributed by atoms with Gasteiger partial charge in [0.1, 0.15) is 11.0 Å². The van der Waals surface area contributed by atoms with Gasteiger partial charge in [-0.15, -0.1) is 0 Å². The standard InChI is InChI=1S/C13H13BrN4O3/c1-21-11(19)7-18-13(20)12(14)10(6-16-18)17-9-4-2-3-8(15)5-9/h2-6,17H,7,15H2,1H3. The molecule has 0 spiro atoms. The number of esters is 1. The van der Waals surface area contributed by atoms with E-state index in [1.165, 1.54) is 13.3 Å². The van der Waals surface area contributed by atoms with Crippen LogP contribution in [0.1, 0.15) is 0 Å². The van der Waals surface area contributed by atoms with Gasteiger partial charge in [-0.3, -0.25) is 9.59 Å². The van der Waals surface area contributed by atoms with Crippen molar-refractivity contribution >= 4 is 39.0 Å². The number of nitrogens with zero attached hydrogens (tertiary/aromatic N) is 2. The summed E-state index contributed by atoms with van der Waals surface area (Å²) in [4.78, 5) is 23.3. The number of carbonyl (C=O) groups excluding carboxylic acids is 1. The Balaban J connectivity index is 2.28. The number of hydrogen-bond donors (Lipinski definition) is 2. The molecule has 3 N–H and O–H groups in total. The molecular formula is C13H13BrN4O3. The van der Waals surface area contributed by atoms with Crippen LogP contribution in [0, 0.1) is 0 Å². The quantitative estimate of drug-likeness (QED) is 0.639. The van der Waals surface area contributed by atoms with Gasteiger partial charge in [-0.2, -0.15) is 5.10 Å². The lowest BCUT2D eigenvalue weighted by molar-refractivity contribution is -0.141. The average molecular weight is 353 g/mol. The van der Waals surface area contributed by atoms with E-state index in [0.29, 0.717) is 11.4 Å². The zero-order valence-corrected chi connectivity index (χ0v) is 12.8. The van der Waals surface area contributed by atoms with Gasteiger partial charge in [0, 0.05) is 11.4 Å². The van der Waals surface area contributed by atoms with Crippen molar-refractivity contribution < 1.29 is 9.53 Å². The van der Waals surface area contributed by atoms with E-state index in [-0.39, 0.29) is 11.0 Å². The van der Waals surface area contributed by atoms with Crippen LogP contribution in [0.3, 0.4) is 0 Å². The molecule has 0 amide bonds. The number of nitrogens with two attached hydrogens (primary N) is 1. The van der Waals surface area contributed by atoms with E-state index in [0.717, 1.165) is 10.4 Å². The number of benzene rings is 1. The molecule has 0 atom stereocenters. The molecule has 1 aromatic heterocycles. The summed E-state index contributed by atoms with van der Waals surface area (Å²) in [5.41, 5.74) is 7.06. The summed E-state index contributed by atoms with van der Waals surface area (Å²) >= 11 is 3.20. The maximum atomic E-state index is 12.1. The molecule has 8 heteroatoms. The Labute approximate surface area is 128 Å². The molecule has 2 rings (SSSR count). The van der Waals surface area contributed by atoms with E-state index in [1.54, 1.807) is 18.2 Å². The molecule has 0 saturated heterocycles. The Hall–Kier alpha value is -2.35. The van der Waals surface area contributed by atoms with Crippen LogP contribution in [0.4, 0.5) is 17.1 Å².